The van der Waals surface area contributed by atoms with Crippen LogP contribution in [-0.4, -0.2) is 20.9 Å². The molecule has 6 heteroatoms. The van der Waals surface area contributed by atoms with E-state index < -0.39 is 5.97 Å². The zero-order valence-corrected chi connectivity index (χ0v) is 10.0. The van der Waals surface area contributed by atoms with Crippen LogP contribution >= 0.6 is 0 Å². The van der Waals surface area contributed by atoms with Gasteiger partial charge in [0.1, 0.15) is 23.6 Å². The van der Waals surface area contributed by atoms with Gasteiger partial charge in [0, 0.05) is 6.07 Å². The van der Waals surface area contributed by atoms with Gasteiger partial charge in [-0.05, 0) is 25.5 Å². The molecule has 0 aromatic carbocycles. The van der Waals surface area contributed by atoms with Gasteiger partial charge in [0.2, 0.25) is 0 Å². The fourth-order valence-electron chi connectivity index (χ4n) is 1.62. The molecule has 0 bridgehead atoms. The molecule has 94 valence electrons. The summed E-state index contributed by atoms with van der Waals surface area (Å²) in [5.74, 6) is -0.340. The van der Waals surface area contributed by atoms with E-state index in [1.165, 1.54) is 16.8 Å². The van der Waals surface area contributed by atoms with Crippen LogP contribution in [0.5, 0.6) is 0 Å². The number of carboxylic acid groups (broad SMARTS) is 1. The number of nitrogens with zero attached hydrogens (tertiary/aromatic N) is 2. The number of hydrogen-bond donors (Lipinski definition) is 1. The lowest BCUT2D eigenvalue weighted by Crippen LogP contribution is -2.22. The third-order valence-electron chi connectivity index (χ3n) is 2.51. The molecule has 0 amide bonds. The van der Waals surface area contributed by atoms with E-state index in [4.69, 9.17) is 9.52 Å². The second-order valence-electron chi connectivity index (χ2n) is 4.02. The summed E-state index contributed by atoms with van der Waals surface area (Å²) < 4.78 is 6.50. The Morgan fingerprint density at radius 2 is 2.17 bits per heavy atom. The number of carboxylic acids is 1. The van der Waals surface area contributed by atoms with Crippen molar-refractivity contribution < 1.29 is 14.3 Å². The molecule has 0 aliphatic heterocycles. The fraction of sp³-hybridized carbons (Fsp3) is 0.250. The molecule has 1 N–H and O–H groups in total. The highest BCUT2D eigenvalue weighted by Crippen LogP contribution is 2.14. The van der Waals surface area contributed by atoms with Gasteiger partial charge in [-0.1, -0.05) is 0 Å². The Labute approximate surface area is 102 Å². The van der Waals surface area contributed by atoms with E-state index in [0.717, 1.165) is 5.56 Å². The van der Waals surface area contributed by atoms with Crippen LogP contribution in [0.25, 0.3) is 0 Å². The molecule has 2 heterocycles. The molecule has 0 fully saturated rings. The molecule has 0 spiro atoms. The molecule has 0 aliphatic carbocycles. The molecular formula is C12H12N2O4. The lowest BCUT2D eigenvalue weighted by atomic mass is 10.2. The molecule has 0 aliphatic rings. The highest BCUT2D eigenvalue weighted by molar-refractivity contribution is 5.88. The molecule has 0 unspecified atom stereocenters. The average molecular weight is 248 g/mol. The monoisotopic (exact) mass is 248 g/mol. The van der Waals surface area contributed by atoms with Crippen molar-refractivity contribution in [1.29, 1.82) is 0 Å². The van der Waals surface area contributed by atoms with Gasteiger partial charge in [-0.25, -0.2) is 9.48 Å². The zero-order chi connectivity index (χ0) is 13.3. The van der Waals surface area contributed by atoms with Crippen molar-refractivity contribution in [2.45, 2.75) is 20.4 Å². The Kier molecular flexibility index (Phi) is 3.01. The van der Waals surface area contributed by atoms with Gasteiger partial charge >= 0.3 is 5.97 Å². The summed E-state index contributed by atoms with van der Waals surface area (Å²) >= 11 is 0. The van der Waals surface area contributed by atoms with Crippen LogP contribution in [0.4, 0.5) is 0 Å². The first-order chi connectivity index (χ1) is 8.47. The highest BCUT2D eigenvalue weighted by Gasteiger charge is 2.14. The van der Waals surface area contributed by atoms with Gasteiger partial charge in [-0.3, -0.25) is 4.79 Å². The van der Waals surface area contributed by atoms with Gasteiger partial charge < -0.3 is 9.52 Å². The van der Waals surface area contributed by atoms with E-state index in [1.54, 1.807) is 20.0 Å². The molecular weight excluding hydrogens is 236 g/mol. The third kappa shape index (κ3) is 2.32. The van der Waals surface area contributed by atoms with Crippen molar-refractivity contribution in [2.24, 2.45) is 0 Å². The standard InChI is InChI=1S/C12H12N2O4/c1-7-3-11(15)14(13-5-7)6-9-4-10(12(16)17)8(2)18-9/h3-5H,6H2,1-2H3,(H,16,17). The highest BCUT2D eigenvalue weighted by atomic mass is 16.4. The van der Waals surface area contributed by atoms with Gasteiger partial charge in [0.25, 0.3) is 5.56 Å². The minimum absolute atomic E-state index is 0.102. The summed E-state index contributed by atoms with van der Waals surface area (Å²) in [6.07, 6.45) is 1.56. The zero-order valence-electron chi connectivity index (χ0n) is 10.0. The molecule has 18 heavy (non-hydrogen) atoms. The van der Waals surface area contributed by atoms with Crippen LogP contribution in [0.2, 0.25) is 0 Å². The lowest BCUT2D eigenvalue weighted by Gasteiger charge is -2.01. The van der Waals surface area contributed by atoms with E-state index in [0.29, 0.717) is 11.5 Å². The summed E-state index contributed by atoms with van der Waals surface area (Å²) in [6, 6.07) is 2.87. The first kappa shape index (κ1) is 12.1. The van der Waals surface area contributed by atoms with Crippen molar-refractivity contribution in [3.05, 3.63) is 51.3 Å². The number of aryl methyl sites for hydroxylation is 2. The quantitative estimate of drug-likeness (QED) is 0.882. The molecule has 6 nitrogen and oxygen atoms in total. The van der Waals surface area contributed by atoms with Crippen LogP contribution in [0.3, 0.4) is 0 Å². The minimum Gasteiger partial charge on any atom is -0.478 e. The van der Waals surface area contributed by atoms with Gasteiger partial charge in [0.15, 0.2) is 0 Å². The lowest BCUT2D eigenvalue weighted by molar-refractivity contribution is 0.0695. The molecule has 0 saturated carbocycles. The number of carbonyl (C=O) groups is 1. The number of aromatic nitrogens is 2. The Hall–Kier alpha value is -2.37. The second kappa shape index (κ2) is 4.48. The second-order valence-corrected chi connectivity index (χ2v) is 4.02. The largest absolute Gasteiger partial charge is 0.478 e. The van der Waals surface area contributed by atoms with Gasteiger partial charge in [-0.2, -0.15) is 5.10 Å². The van der Waals surface area contributed by atoms with Crippen LogP contribution in [0, 0.1) is 13.8 Å². The van der Waals surface area contributed by atoms with Crippen LogP contribution in [-0.2, 0) is 6.54 Å². The maximum absolute atomic E-state index is 11.6. The fourth-order valence-corrected chi connectivity index (χ4v) is 1.62. The smallest absolute Gasteiger partial charge is 0.339 e. The van der Waals surface area contributed by atoms with Crippen molar-refractivity contribution >= 4 is 5.97 Å². The predicted molar refractivity (Wildman–Crippen MR) is 62.7 cm³/mol. The topological polar surface area (TPSA) is 85.3 Å². The maximum Gasteiger partial charge on any atom is 0.339 e. The molecule has 0 radical (unpaired) electrons. The van der Waals surface area contributed by atoms with Gasteiger partial charge in [0.05, 0.1) is 6.20 Å². The Balaban J connectivity index is 2.32. The molecule has 2 aromatic rings. The Bertz CT molecular complexity index is 654. The summed E-state index contributed by atoms with van der Waals surface area (Å²) in [5, 5.41) is 12.8. The molecule has 2 rings (SSSR count). The van der Waals surface area contributed by atoms with E-state index in [2.05, 4.69) is 5.10 Å². The Morgan fingerprint density at radius 1 is 1.44 bits per heavy atom. The predicted octanol–water partition coefficient (Wildman–Crippen LogP) is 1.20. The van der Waals surface area contributed by atoms with E-state index in [1.807, 2.05) is 0 Å². The first-order valence-corrected chi connectivity index (χ1v) is 5.34. The third-order valence-corrected chi connectivity index (χ3v) is 2.51. The summed E-state index contributed by atoms with van der Waals surface area (Å²) in [7, 11) is 0. The van der Waals surface area contributed by atoms with Crippen molar-refractivity contribution in [1.82, 2.24) is 9.78 Å². The maximum atomic E-state index is 11.6. The number of furan rings is 1. The van der Waals surface area contributed by atoms with Crippen molar-refractivity contribution in [2.75, 3.05) is 0 Å². The SMILES string of the molecule is Cc1cnn(Cc2cc(C(=O)O)c(C)o2)c(=O)c1. The number of rotatable bonds is 3. The van der Waals surface area contributed by atoms with E-state index >= 15 is 0 Å². The minimum atomic E-state index is -1.05. The number of aromatic carboxylic acids is 1. The Morgan fingerprint density at radius 3 is 2.72 bits per heavy atom. The molecule has 2 aromatic heterocycles. The van der Waals surface area contributed by atoms with E-state index in [-0.39, 0.29) is 17.7 Å². The number of hydrogen-bond acceptors (Lipinski definition) is 4. The molecule has 0 saturated heterocycles. The van der Waals surface area contributed by atoms with Crippen molar-refractivity contribution in [3.8, 4) is 0 Å². The van der Waals surface area contributed by atoms with Crippen LogP contribution < -0.4 is 5.56 Å². The van der Waals surface area contributed by atoms with Crippen LogP contribution in [0.1, 0.15) is 27.4 Å². The average Bonchev–Trinajstić information content (AvgIpc) is 2.64. The first-order valence-electron chi connectivity index (χ1n) is 5.34. The van der Waals surface area contributed by atoms with E-state index in [9.17, 15) is 9.59 Å². The summed E-state index contributed by atoms with van der Waals surface area (Å²) in [6.45, 7) is 3.46. The van der Waals surface area contributed by atoms with Gasteiger partial charge in [-0.15, -0.1) is 0 Å². The van der Waals surface area contributed by atoms with Crippen molar-refractivity contribution in [3.63, 3.8) is 0 Å². The summed E-state index contributed by atoms with van der Waals surface area (Å²) in [5.41, 5.74) is 0.629. The normalized spacial score (nSPS) is 10.6. The molecule has 0 atom stereocenters. The van der Waals surface area contributed by atoms with Crippen LogP contribution in [0.15, 0.2) is 27.5 Å². The summed E-state index contributed by atoms with van der Waals surface area (Å²) in [4.78, 5) is 22.5.